The molecule has 1 heterocycles. The number of likely N-dealkylation sites (tertiary alicyclic amines) is 1. The van der Waals surface area contributed by atoms with Gasteiger partial charge in [0.15, 0.2) is 0 Å². The molecule has 2 unspecified atom stereocenters. The van der Waals surface area contributed by atoms with Crippen LogP contribution < -0.4 is 10.6 Å². The molecule has 9 nitrogen and oxygen atoms in total. The Hall–Kier alpha value is -2.83. The van der Waals surface area contributed by atoms with E-state index in [-0.39, 0.29) is 36.5 Å². The van der Waals surface area contributed by atoms with Crippen molar-refractivity contribution in [1.29, 1.82) is 0 Å². The highest BCUT2D eigenvalue weighted by atomic mass is 32.2. The zero-order valence-electron chi connectivity index (χ0n) is 19.0. The number of rotatable bonds is 7. The number of benzene rings is 1. The number of sulfone groups is 1. The first-order chi connectivity index (χ1) is 16.3. The van der Waals surface area contributed by atoms with E-state index in [2.05, 4.69) is 10.6 Å². The van der Waals surface area contributed by atoms with Crippen LogP contribution in [0.25, 0.3) is 0 Å². The van der Waals surface area contributed by atoms with Crippen molar-refractivity contribution in [3.05, 3.63) is 35.4 Å². The topological polar surface area (TPSA) is 133 Å². The van der Waals surface area contributed by atoms with Gasteiger partial charge in [0.2, 0.25) is 5.91 Å². The Morgan fingerprint density at radius 1 is 1.17 bits per heavy atom. The summed E-state index contributed by atoms with van der Waals surface area (Å²) in [5.41, 5.74) is -1.20. The summed E-state index contributed by atoms with van der Waals surface area (Å²) in [7, 11) is -3.41. The van der Waals surface area contributed by atoms with Crippen molar-refractivity contribution in [1.82, 2.24) is 15.5 Å². The van der Waals surface area contributed by atoms with Crippen LogP contribution in [0.4, 0.5) is 18.0 Å². The van der Waals surface area contributed by atoms with Gasteiger partial charge in [-0.2, -0.15) is 13.2 Å². The highest BCUT2D eigenvalue weighted by Crippen LogP contribution is 2.33. The highest BCUT2D eigenvalue weighted by Gasteiger charge is 2.43. The zero-order chi connectivity index (χ0) is 26.0. The van der Waals surface area contributed by atoms with Gasteiger partial charge in [-0.25, -0.2) is 13.2 Å². The van der Waals surface area contributed by atoms with Gasteiger partial charge in [0, 0.05) is 29.9 Å². The standard InChI is InChI=1S/C22H28F3N3O6S/c1-2-35(33,34)12-14-11-16(26-21(31)32)6-7-18(14)28-9-8-17(20(28)30)27-19(29)13-4-3-5-15(10-13)22(23,24)25/h3-5,10,14,16-18,26H,2,6-9,11-12H2,1H3,(H,27,29)(H,31,32)/t14-,16?,17?,18-/m0/s1. The first-order valence-electron chi connectivity index (χ1n) is 11.3. The van der Waals surface area contributed by atoms with Crippen LogP contribution in [0.1, 0.15) is 48.5 Å². The predicted molar refractivity (Wildman–Crippen MR) is 119 cm³/mol. The van der Waals surface area contributed by atoms with Crippen molar-refractivity contribution >= 4 is 27.7 Å². The molecule has 1 aliphatic carbocycles. The maximum absolute atomic E-state index is 13.1. The molecule has 194 valence electrons. The molecule has 13 heteroatoms. The number of halogens is 3. The molecule has 1 saturated heterocycles. The second-order valence-electron chi connectivity index (χ2n) is 8.91. The molecule has 3 rings (SSSR count). The maximum Gasteiger partial charge on any atom is 0.416 e. The number of carbonyl (C=O) groups is 3. The Kier molecular flexibility index (Phi) is 7.97. The van der Waals surface area contributed by atoms with Gasteiger partial charge in [-0.15, -0.1) is 0 Å². The number of hydrogen-bond acceptors (Lipinski definition) is 5. The second-order valence-corrected chi connectivity index (χ2v) is 11.3. The molecule has 1 aromatic rings. The number of nitrogens with zero attached hydrogens (tertiary/aromatic N) is 1. The molecule has 0 radical (unpaired) electrons. The van der Waals surface area contributed by atoms with Crippen LogP contribution in [0.15, 0.2) is 24.3 Å². The van der Waals surface area contributed by atoms with Crippen molar-refractivity contribution in [2.24, 2.45) is 5.92 Å². The Balaban J connectivity index is 1.72. The summed E-state index contributed by atoms with van der Waals surface area (Å²) in [6.45, 7) is 1.76. The Bertz CT molecular complexity index is 1080. The fourth-order valence-electron chi connectivity index (χ4n) is 4.83. The van der Waals surface area contributed by atoms with Crippen LogP contribution in [0.5, 0.6) is 0 Å². The molecule has 1 saturated carbocycles. The van der Waals surface area contributed by atoms with E-state index in [1.165, 1.54) is 17.9 Å². The number of alkyl halides is 3. The normalized spacial score (nSPS) is 25.4. The van der Waals surface area contributed by atoms with Crippen LogP contribution in [0.2, 0.25) is 0 Å². The lowest BCUT2D eigenvalue weighted by atomic mass is 9.81. The van der Waals surface area contributed by atoms with Crippen LogP contribution in [-0.4, -0.2) is 72.5 Å². The van der Waals surface area contributed by atoms with Crippen LogP contribution in [0.3, 0.4) is 0 Å². The van der Waals surface area contributed by atoms with E-state index in [1.54, 1.807) is 0 Å². The first-order valence-corrected chi connectivity index (χ1v) is 13.1. The number of carboxylic acid groups (broad SMARTS) is 1. The number of nitrogens with one attached hydrogen (secondary N) is 2. The highest BCUT2D eigenvalue weighted by molar-refractivity contribution is 7.91. The smallest absolute Gasteiger partial charge is 0.416 e. The summed E-state index contributed by atoms with van der Waals surface area (Å²) in [5.74, 6) is -2.02. The molecule has 35 heavy (non-hydrogen) atoms. The number of amides is 3. The minimum Gasteiger partial charge on any atom is -0.465 e. The van der Waals surface area contributed by atoms with Gasteiger partial charge in [0.1, 0.15) is 15.9 Å². The quantitative estimate of drug-likeness (QED) is 0.506. The minimum atomic E-state index is -4.61. The predicted octanol–water partition coefficient (Wildman–Crippen LogP) is 2.28. The van der Waals surface area contributed by atoms with E-state index in [1.807, 2.05) is 0 Å². The first kappa shape index (κ1) is 26.8. The maximum atomic E-state index is 13.1. The van der Waals surface area contributed by atoms with Crippen LogP contribution in [-0.2, 0) is 20.8 Å². The third-order valence-electron chi connectivity index (χ3n) is 6.58. The summed E-state index contributed by atoms with van der Waals surface area (Å²) in [4.78, 5) is 38.2. The average Bonchev–Trinajstić information content (AvgIpc) is 3.12. The molecule has 4 atom stereocenters. The lowest BCUT2D eigenvalue weighted by Crippen LogP contribution is -2.52. The van der Waals surface area contributed by atoms with Crippen molar-refractivity contribution in [2.75, 3.05) is 18.1 Å². The fourth-order valence-corrected chi connectivity index (χ4v) is 6.08. The molecule has 1 aliphatic heterocycles. The molecule has 1 aromatic carbocycles. The largest absolute Gasteiger partial charge is 0.465 e. The van der Waals surface area contributed by atoms with Gasteiger partial charge in [-0.1, -0.05) is 13.0 Å². The number of hydrogen-bond donors (Lipinski definition) is 3. The van der Waals surface area contributed by atoms with Crippen LogP contribution in [0, 0.1) is 5.92 Å². The Morgan fingerprint density at radius 3 is 2.51 bits per heavy atom. The van der Waals surface area contributed by atoms with E-state index in [0.29, 0.717) is 12.8 Å². The lowest BCUT2D eigenvalue weighted by molar-refractivity contribution is -0.137. The van der Waals surface area contributed by atoms with Gasteiger partial charge in [-0.3, -0.25) is 9.59 Å². The van der Waals surface area contributed by atoms with Gasteiger partial charge < -0.3 is 20.6 Å². The molecule has 2 fully saturated rings. The average molecular weight is 520 g/mol. The van der Waals surface area contributed by atoms with Gasteiger partial charge in [-0.05, 0) is 49.8 Å². The summed E-state index contributed by atoms with van der Waals surface area (Å²) < 4.78 is 63.5. The Morgan fingerprint density at radius 2 is 1.89 bits per heavy atom. The van der Waals surface area contributed by atoms with Crippen molar-refractivity contribution < 1.29 is 41.1 Å². The third kappa shape index (κ3) is 6.65. The van der Waals surface area contributed by atoms with Crippen molar-refractivity contribution in [3.63, 3.8) is 0 Å². The van der Waals surface area contributed by atoms with E-state index in [4.69, 9.17) is 5.11 Å². The molecule has 3 amide bonds. The lowest BCUT2D eigenvalue weighted by Gasteiger charge is -2.41. The molecule has 0 spiro atoms. The van der Waals surface area contributed by atoms with E-state index < -0.39 is 63.5 Å². The fraction of sp³-hybridized carbons (Fsp3) is 0.591. The molecular weight excluding hydrogens is 491 g/mol. The van der Waals surface area contributed by atoms with Crippen molar-refractivity contribution in [2.45, 2.75) is 56.9 Å². The summed E-state index contributed by atoms with van der Waals surface area (Å²) in [6, 6.07) is 2.07. The van der Waals surface area contributed by atoms with E-state index in [0.717, 1.165) is 18.2 Å². The summed E-state index contributed by atoms with van der Waals surface area (Å²) >= 11 is 0. The molecule has 0 aromatic heterocycles. The summed E-state index contributed by atoms with van der Waals surface area (Å²) in [6.07, 6.45) is -4.54. The van der Waals surface area contributed by atoms with Crippen molar-refractivity contribution in [3.8, 4) is 0 Å². The Labute approximate surface area is 201 Å². The van der Waals surface area contributed by atoms with E-state index >= 15 is 0 Å². The summed E-state index contributed by atoms with van der Waals surface area (Å²) in [5, 5.41) is 13.9. The number of carbonyl (C=O) groups excluding carboxylic acids is 2. The van der Waals surface area contributed by atoms with E-state index in [9.17, 15) is 36.0 Å². The molecule has 3 N–H and O–H groups in total. The van der Waals surface area contributed by atoms with Gasteiger partial charge in [0.25, 0.3) is 5.91 Å². The SMILES string of the molecule is CCS(=O)(=O)C[C@@H]1CC(NC(=O)O)CC[C@@H]1N1CCC(NC(=O)c2cccc(C(F)(F)F)c2)C1=O. The van der Waals surface area contributed by atoms with Gasteiger partial charge in [0.05, 0.1) is 11.3 Å². The molecular formula is C22H28F3N3O6S. The second kappa shape index (κ2) is 10.4. The molecule has 2 aliphatic rings. The minimum absolute atomic E-state index is 0.0864. The zero-order valence-corrected chi connectivity index (χ0v) is 19.9. The third-order valence-corrected chi connectivity index (χ3v) is 8.39. The van der Waals surface area contributed by atoms with Crippen LogP contribution >= 0.6 is 0 Å². The van der Waals surface area contributed by atoms with Gasteiger partial charge >= 0.3 is 12.3 Å². The molecule has 0 bridgehead atoms. The monoisotopic (exact) mass is 519 g/mol.